The van der Waals surface area contributed by atoms with Crippen molar-refractivity contribution >= 4 is 35.4 Å². The minimum Gasteiger partial charge on any atom is -0.481 e. The molecule has 0 aromatic heterocycles. The predicted octanol–water partition coefficient (Wildman–Crippen LogP) is 3.08. The molecule has 1 spiro atoms. The summed E-state index contributed by atoms with van der Waals surface area (Å²) in [5.74, 6) is -4.79. The van der Waals surface area contributed by atoms with Crippen LogP contribution in [0.1, 0.15) is 74.5 Å². The van der Waals surface area contributed by atoms with Crippen LogP contribution in [0.4, 0.5) is 5.69 Å². The van der Waals surface area contributed by atoms with E-state index in [4.69, 9.17) is 20.4 Å². The Kier molecular flexibility index (Phi) is 10.8. The van der Waals surface area contributed by atoms with Crippen LogP contribution in [0.25, 0.3) is 0 Å². The number of anilines is 1. The molecule has 2 saturated heterocycles. The normalized spacial score (nSPS) is 20.0. The van der Waals surface area contributed by atoms with Crippen LogP contribution >= 0.6 is 0 Å². The number of hydrogen-bond donors (Lipinski definition) is 4. The molecular weight excluding hydrogens is 618 g/mol. The lowest BCUT2D eigenvalue weighted by Gasteiger charge is -2.40. The Labute approximate surface area is 279 Å². The summed E-state index contributed by atoms with van der Waals surface area (Å²) in [4.78, 5) is 63.8. The van der Waals surface area contributed by atoms with Gasteiger partial charge >= 0.3 is 17.9 Å². The second kappa shape index (κ2) is 14.9. The van der Waals surface area contributed by atoms with E-state index < -0.39 is 36.4 Å². The van der Waals surface area contributed by atoms with E-state index in [2.05, 4.69) is 35.2 Å². The van der Waals surface area contributed by atoms with Gasteiger partial charge in [0.15, 0.2) is 5.60 Å². The third-order valence-electron chi connectivity index (χ3n) is 10.4. The van der Waals surface area contributed by atoms with Gasteiger partial charge in [-0.3, -0.25) is 24.1 Å². The fraction of sp³-hybridized carbons (Fsp3) is 0.528. The molecule has 0 saturated carbocycles. The smallest absolute Gasteiger partial charge is 0.336 e. The van der Waals surface area contributed by atoms with E-state index in [1.165, 1.54) is 37.7 Å². The highest BCUT2D eigenvalue weighted by atomic mass is 16.4. The molecule has 0 radical (unpaired) electrons. The van der Waals surface area contributed by atoms with Gasteiger partial charge in [0, 0.05) is 38.2 Å². The molecule has 4 N–H and O–H groups in total. The van der Waals surface area contributed by atoms with E-state index in [9.17, 15) is 24.0 Å². The summed E-state index contributed by atoms with van der Waals surface area (Å²) in [7, 11) is 0. The lowest BCUT2D eigenvalue weighted by atomic mass is 9.74. The molecular formula is C36H45N3O9. The molecule has 258 valence electrons. The molecule has 1 atom stereocenters. The first-order valence-corrected chi connectivity index (χ1v) is 16.8. The molecule has 3 heterocycles. The lowest BCUT2D eigenvalue weighted by Crippen LogP contribution is -2.51. The number of piperidine rings is 2. The number of amides is 2. The van der Waals surface area contributed by atoms with Crippen LogP contribution in [0.2, 0.25) is 0 Å². The number of carbonyl (C=O) groups is 5. The number of nitrogens with zero attached hydrogens (tertiary/aromatic N) is 3. The van der Waals surface area contributed by atoms with E-state index in [1.54, 1.807) is 5.56 Å². The first-order valence-electron chi connectivity index (χ1n) is 16.8. The van der Waals surface area contributed by atoms with Gasteiger partial charge in [-0.2, -0.15) is 0 Å². The number of hydrogen-bond acceptors (Lipinski definition) is 7. The number of fused-ring (bicyclic) bond motifs is 3. The quantitative estimate of drug-likeness (QED) is 0.312. The molecule has 2 aromatic carbocycles. The molecule has 2 amide bonds. The predicted molar refractivity (Wildman–Crippen MR) is 176 cm³/mol. The summed E-state index contributed by atoms with van der Waals surface area (Å²) in [6, 6.07) is 16.7. The summed E-state index contributed by atoms with van der Waals surface area (Å²) in [6.07, 6.45) is 7.00. The Hall–Kier alpha value is -4.29. The number of carboxylic acid groups (broad SMARTS) is 3. The summed E-state index contributed by atoms with van der Waals surface area (Å²) in [6.45, 7) is 4.53. The van der Waals surface area contributed by atoms with Crippen molar-refractivity contribution in [3.63, 3.8) is 0 Å². The lowest BCUT2D eigenvalue weighted by molar-refractivity contribution is -0.170. The zero-order valence-corrected chi connectivity index (χ0v) is 27.2. The van der Waals surface area contributed by atoms with Crippen LogP contribution < -0.4 is 4.90 Å². The largest absolute Gasteiger partial charge is 0.481 e. The Morgan fingerprint density at radius 1 is 0.771 bits per heavy atom. The van der Waals surface area contributed by atoms with Gasteiger partial charge in [0.25, 0.3) is 0 Å². The van der Waals surface area contributed by atoms with Crippen molar-refractivity contribution in [1.82, 2.24) is 9.80 Å². The Balaban J connectivity index is 0.000000296. The number of aliphatic hydroxyl groups is 1. The SMILES string of the molecule is O=C(O)CC(O)(CC(=O)O)C(=O)O.O=C([C@@H]1Cc2ccccc2N1C(=O)CCN1CCC2(CCc3ccccc32)CC1)N1CCCCC1. The van der Waals surface area contributed by atoms with Gasteiger partial charge in [-0.25, -0.2) is 4.79 Å². The zero-order chi connectivity index (χ0) is 34.5. The van der Waals surface area contributed by atoms with Crippen LogP contribution in [0.15, 0.2) is 48.5 Å². The number of rotatable bonds is 9. The third kappa shape index (κ3) is 7.71. The molecule has 6 rings (SSSR count). The highest BCUT2D eigenvalue weighted by molar-refractivity contribution is 6.03. The number of carbonyl (C=O) groups excluding carboxylic acids is 2. The molecule has 48 heavy (non-hydrogen) atoms. The zero-order valence-electron chi connectivity index (χ0n) is 27.2. The summed E-state index contributed by atoms with van der Waals surface area (Å²) in [5.41, 5.74) is 2.77. The van der Waals surface area contributed by atoms with Crippen molar-refractivity contribution in [3.05, 3.63) is 65.2 Å². The number of aryl methyl sites for hydroxylation is 1. The monoisotopic (exact) mass is 663 g/mol. The maximum absolute atomic E-state index is 13.6. The molecule has 3 aliphatic heterocycles. The maximum atomic E-state index is 13.6. The van der Waals surface area contributed by atoms with Crippen LogP contribution in [0.5, 0.6) is 0 Å². The molecule has 1 aliphatic carbocycles. The molecule has 2 aromatic rings. The second-order valence-corrected chi connectivity index (χ2v) is 13.5. The molecule has 4 aliphatic rings. The van der Waals surface area contributed by atoms with Crippen LogP contribution in [0.3, 0.4) is 0 Å². The van der Waals surface area contributed by atoms with Gasteiger partial charge in [-0.1, -0.05) is 42.5 Å². The van der Waals surface area contributed by atoms with Crippen LogP contribution in [-0.4, -0.2) is 104 Å². The van der Waals surface area contributed by atoms with Gasteiger partial charge in [0.05, 0.1) is 12.8 Å². The van der Waals surface area contributed by atoms with Crippen molar-refractivity contribution in [1.29, 1.82) is 0 Å². The average Bonchev–Trinajstić information content (AvgIpc) is 3.63. The van der Waals surface area contributed by atoms with Crippen molar-refractivity contribution in [2.75, 3.05) is 37.6 Å². The van der Waals surface area contributed by atoms with E-state index in [-0.39, 0.29) is 17.9 Å². The topological polar surface area (TPSA) is 176 Å². The number of carboxylic acids is 3. The Morgan fingerprint density at radius 2 is 1.38 bits per heavy atom. The first-order chi connectivity index (χ1) is 22.9. The highest BCUT2D eigenvalue weighted by Crippen LogP contribution is 2.46. The Morgan fingerprint density at radius 3 is 2.00 bits per heavy atom. The van der Waals surface area contributed by atoms with Gasteiger partial charge in [0.2, 0.25) is 11.8 Å². The number of para-hydroxylation sites is 1. The summed E-state index contributed by atoms with van der Waals surface area (Å²) >= 11 is 0. The number of likely N-dealkylation sites (tertiary alicyclic amines) is 2. The molecule has 0 unspecified atom stereocenters. The Bertz CT molecular complexity index is 1510. The molecule has 0 bridgehead atoms. The molecule has 12 nitrogen and oxygen atoms in total. The summed E-state index contributed by atoms with van der Waals surface area (Å²) in [5, 5.41) is 33.8. The maximum Gasteiger partial charge on any atom is 0.336 e. The van der Waals surface area contributed by atoms with Crippen molar-refractivity contribution in [2.45, 2.75) is 87.7 Å². The van der Waals surface area contributed by atoms with E-state index in [0.717, 1.165) is 56.8 Å². The minimum absolute atomic E-state index is 0.0943. The fourth-order valence-corrected chi connectivity index (χ4v) is 7.79. The van der Waals surface area contributed by atoms with Gasteiger partial charge in [-0.15, -0.1) is 0 Å². The summed E-state index contributed by atoms with van der Waals surface area (Å²) < 4.78 is 0. The standard InChI is InChI=1S/C30H37N3O2.C6H8O7/c34-28(13-19-31-20-15-30(16-21-31)14-12-23-8-2-4-10-25(23)30)33-26-11-5-3-9-24(26)22-27(33)29(35)32-17-6-1-7-18-32;7-3(8)1-6(13,5(11)12)2-4(9)10/h2-5,8-11,27H,1,6-7,12-22H2;13H,1-2H2,(H,7,8)(H,9,10)(H,11,12)/t27-;/m0./s1. The van der Waals surface area contributed by atoms with E-state index >= 15 is 0 Å². The average molecular weight is 664 g/mol. The van der Waals surface area contributed by atoms with Crippen LogP contribution in [0, 0.1) is 0 Å². The van der Waals surface area contributed by atoms with Crippen molar-refractivity contribution in [3.8, 4) is 0 Å². The highest BCUT2D eigenvalue weighted by Gasteiger charge is 2.43. The van der Waals surface area contributed by atoms with Gasteiger partial charge < -0.3 is 30.2 Å². The fourth-order valence-electron chi connectivity index (χ4n) is 7.79. The first kappa shape index (κ1) is 35.0. The number of aliphatic carboxylic acids is 3. The number of benzene rings is 2. The van der Waals surface area contributed by atoms with Gasteiger partial charge in [0.1, 0.15) is 6.04 Å². The second-order valence-electron chi connectivity index (χ2n) is 13.5. The third-order valence-corrected chi connectivity index (χ3v) is 10.4. The molecule has 12 heteroatoms. The molecule has 2 fully saturated rings. The van der Waals surface area contributed by atoms with Crippen LogP contribution in [-0.2, 0) is 42.2 Å². The van der Waals surface area contributed by atoms with Gasteiger partial charge in [-0.05, 0) is 86.2 Å². The van der Waals surface area contributed by atoms with E-state index in [1.807, 2.05) is 28.0 Å². The minimum atomic E-state index is -2.74. The van der Waals surface area contributed by atoms with Crippen molar-refractivity contribution in [2.24, 2.45) is 0 Å². The van der Waals surface area contributed by atoms with E-state index in [0.29, 0.717) is 18.3 Å². The van der Waals surface area contributed by atoms with Crippen molar-refractivity contribution < 1.29 is 44.4 Å².